The molecule has 6 rings (SSSR count). The lowest BCUT2D eigenvalue weighted by Gasteiger charge is -2.54. The lowest BCUT2D eigenvalue weighted by molar-refractivity contribution is -0.000603. The van der Waals surface area contributed by atoms with Gasteiger partial charge in [-0.15, -0.1) is 0 Å². The predicted molar refractivity (Wildman–Crippen MR) is 132 cm³/mol. The van der Waals surface area contributed by atoms with Crippen molar-refractivity contribution in [2.75, 3.05) is 0 Å². The number of carbonyl (C=O) groups excluding carboxylic acids is 1. The van der Waals surface area contributed by atoms with Gasteiger partial charge in [0, 0.05) is 24.2 Å². The molecule has 0 radical (unpaired) electrons. The van der Waals surface area contributed by atoms with Gasteiger partial charge in [-0.2, -0.15) is 0 Å². The second kappa shape index (κ2) is 8.75. The highest BCUT2D eigenvalue weighted by molar-refractivity contribution is 6.06. The highest BCUT2D eigenvalue weighted by Crippen LogP contribution is 2.55. The van der Waals surface area contributed by atoms with E-state index < -0.39 is 0 Å². The normalized spacial score (nSPS) is 20.1. The predicted octanol–water partition coefficient (Wildman–Crippen LogP) is 6.60. The van der Waals surface area contributed by atoms with E-state index in [1.165, 1.54) is 44.6 Å². The Labute approximate surface area is 200 Å². The van der Waals surface area contributed by atoms with Crippen molar-refractivity contribution < 1.29 is 13.9 Å². The van der Waals surface area contributed by atoms with Crippen molar-refractivity contribution in [1.82, 2.24) is 9.88 Å². The first-order chi connectivity index (χ1) is 16.6. The van der Waals surface area contributed by atoms with Gasteiger partial charge < -0.3 is 14.6 Å². The molecule has 0 aliphatic heterocycles. The SMILES string of the molecule is O=C(NC1CC2(CCC2)C1)c1ccc(F)c2ccn(Cc3ccc(OC4CCCCC4)cc3)c12. The van der Waals surface area contributed by atoms with Crippen LogP contribution >= 0.6 is 0 Å². The van der Waals surface area contributed by atoms with Crippen LogP contribution in [0.15, 0.2) is 48.7 Å². The number of benzene rings is 2. The Hall–Kier alpha value is -2.82. The Morgan fingerprint density at radius 3 is 2.47 bits per heavy atom. The van der Waals surface area contributed by atoms with E-state index >= 15 is 0 Å². The van der Waals surface area contributed by atoms with E-state index in [1.807, 2.05) is 22.9 Å². The molecule has 4 nitrogen and oxygen atoms in total. The molecule has 0 atom stereocenters. The van der Waals surface area contributed by atoms with Gasteiger partial charge in [-0.3, -0.25) is 4.79 Å². The van der Waals surface area contributed by atoms with Crippen LogP contribution in [-0.4, -0.2) is 22.6 Å². The summed E-state index contributed by atoms with van der Waals surface area (Å²) in [7, 11) is 0. The molecule has 3 saturated carbocycles. The van der Waals surface area contributed by atoms with E-state index in [-0.39, 0.29) is 17.8 Å². The number of amides is 1. The van der Waals surface area contributed by atoms with Crippen molar-refractivity contribution in [3.63, 3.8) is 0 Å². The maximum atomic E-state index is 14.6. The van der Waals surface area contributed by atoms with Crippen LogP contribution in [0.25, 0.3) is 10.9 Å². The smallest absolute Gasteiger partial charge is 0.253 e. The number of rotatable bonds is 6. The number of hydrogen-bond acceptors (Lipinski definition) is 2. The molecular weight excluding hydrogens is 427 g/mol. The van der Waals surface area contributed by atoms with Crippen LogP contribution in [0.3, 0.4) is 0 Å². The van der Waals surface area contributed by atoms with Crippen molar-refractivity contribution in [3.8, 4) is 5.75 Å². The molecule has 3 fully saturated rings. The minimum Gasteiger partial charge on any atom is -0.490 e. The van der Waals surface area contributed by atoms with E-state index in [2.05, 4.69) is 17.4 Å². The number of ether oxygens (including phenoxy) is 1. The number of aromatic nitrogens is 1. The molecule has 3 aromatic rings. The third kappa shape index (κ3) is 4.10. The highest BCUT2D eigenvalue weighted by atomic mass is 19.1. The summed E-state index contributed by atoms with van der Waals surface area (Å²) in [5, 5.41) is 3.70. The molecule has 1 amide bonds. The molecule has 34 heavy (non-hydrogen) atoms. The quantitative estimate of drug-likeness (QED) is 0.450. The molecule has 178 valence electrons. The molecule has 0 unspecified atom stereocenters. The summed E-state index contributed by atoms with van der Waals surface area (Å²) in [6, 6.07) is 13.2. The van der Waals surface area contributed by atoms with Crippen LogP contribution < -0.4 is 10.1 Å². The Balaban J connectivity index is 1.18. The second-order valence-electron chi connectivity index (χ2n) is 10.8. The number of carbonyl (C=O) groups is 1. The Kier molecular flexibility index (Phi) is 5.59. The monoisotopic (exact) mass is 460 g/mol. The van der Waals surface area contributed by atoms with Gasteiger partial charge in [0.2, 0.25) is 0 Å². The summed E-state index contributed by atoms with van der Waals surface area (Å²) in [6.45, 7) is 0.573. The van der Waals surface area contributed by atoms with E-state index in [1.54, 1.807) is 12.1 Å². The number of fused-ring (bicyclic) bond motifs is 1. The largest absolute Gasteiger partial charge is 0.490 e. The summed E-state index contributed by atoms with van der Waals surface area (Å²) < 4.78 is 22.7. The second-order valence-corrected chi connectivity index (χ2v) is 10.8. The van der Waals surface area contributed by atoms with E-state index in [0.29, 0.717) is 34.5 Å². The summed E-state index contributed by atoms with van der Waals surface area (Å²) in [4.78, 5) is 13.2. The van der Waals surface area contributed by atoms with Gasteiger partial charge in [-0.25, -0.2) is 4.39 Å². The van der Waals surface area contributed by atoms with Crippen LogP contribution in [0.5, 0.6) is 5.75 Å². The van der Waals surface area contributed by atoms with Gasteiger partial charge in [0.15, 0.2) is 0 Å². The molecule has 3 aliphatic rings. The van der Waals surface area contributed by atoms with Crippen molar-refractivity contribution in [2.45, 2.75) is 82.9 Å². The zero-order valence-electron chi connectivity index (χ0n) is 19.7. The molecule has 1 heterocycles. The van der Waals surface area contributed by atoms with Crippen LogP contribution in [0.2, 0.25) is 0 Å². The molecule has 5 heteroatoms. The van der Waals surface area contributed by atoms with Gasteiger partial charge >= 0.3 is 0 Å². The first-order valence-corrected chi connectivity index (χ1v) is 12.9. The summed E-state index contributed by atoms with van der Waals surface area (Å²) in [5.74, 6) is 0.516. The fourth-order valence-corrected chi connectivity index (χ4v) is 6.29. The third-order valence-corrected chi connectivity index (χ3v) is 8.36. The van der Waals surface area contributed by atoms with Crippen molar-refractivity contribution in [2.24, 2.45) is 5.41 Å². The number of halogens is 1. The Morgan fingerprint density at radius 1 is 1.00 bits per heavy atom. The standard InChI is InChI=1S/C29H33FN2O2/c30-26-12-11-25(28(33)31-21-17-29(18-21)14-4-15-29)27-24(26)13-16-32(27)19-20-7-9-23(10-8-20)34-22-5-2-1-3-6-22/h7-13,16,21-22H,1-6,14-15,17-19H2,(H,31,33). The van der Waals surface area contributed by atoms with Gasteiger partial charge in [0.1, 0.15) is 11.6 Å². The van der Waals surface area contributed by atoms with E-state index in [4.69, 9.17) is 4.74 Å². The van der Waals surface area contributed by atoms with Gasteiger partial charge in [-0.05, 0) is 92.7 Å². The van der Waals surface area contributed by atoms with Crippen LogP contribution in [0.1, 0.15) is 80.1 Å². The Bertz CT molecular complexity index is 1180. The summed E-state index contributed by atoms with van der Waals surface area (Å²) in [5.41, 5.74) is 2.81. The molecule has 0 saturated heterocycles. The molecule has 2 aromatic carbocycles. The highest BCUT2D eigenvalue weighted by Gasteiger charge is 2.48. The maximum absolute atomic E-state index is 14.6. The number of nitrogens with one attached hydrogen (secondary N) is 1. The maximum Gasteiger partial charge on any atom is 0.253 e. The van der Waals surface area contributed by atoms with Gasteiger partial charge in [0.25, 0.3) is 5.91 Å². The van der Waals surface area contributed by atoms with Crippen LogP contribution in [0.4, 0.5) is 4.39 Å². The third-order valence-electron chi connectivity index (χ3n) is 8.36. The van der Waals surface area contributed by atoms with Crippen molar-refractivity contribution in [1.29, 1.82) is 0 Å². The van der Waals surface area contributed by atoms with Gasteiger partial charge in [-0.1, -0.05) is 25.0 Å². The molecule has 1 N–H and O–H groups in total. The van der Waals surface area contributed by atoms with Crippen LogP contribution in [-0.2, 0) is 6.54 Å². The fourth-order valence-electron chi connectivity index (χ4n) is 6.29. The van der Waals surface area contributed by atoms with E-state index in [9.17, 15) is 9.18 Å². The molecule has 0 bridgehead atoms. The van der Waals surface area contributed by atoms with Gasteiger partial charge in [0.05, 0.1) is 17.2 Å². The number of nitrogens with zero attached hydrogens (tertiary/aromatic N) is 1. The first-order valence-electron chi connectivity index (χ1n) is 12.9. The summed E-state index contributed by atoms with van der Waals surface area (Å²) >= 11 is 0. The number of hydrogen-bond donors (Lipinski definition) is 1. The first kappa shape index (κ1) is 21.7. The molecular formula is C29H33FN2O2. The topological polar surface area (TPSA) is 43.3 Å². The van der Waals surface area contributed by atoms with Crippen LogP contribution in [0, 0.1) is 11.2 Å². The minimum atomic E-state index is -0.293. The summed E-state index contributed by atoms with van der Waals surface area (Å²) in [6.07, 6.45) is 14.4. The Morgan fingerprint density at radius 2 is 1.76 bits per heavy atom. The zero-order chi connectivity index (χ0) is 23.1. The lowest BCUT2D eigenvalue weighted by Crippen LogP contribution is -2.53. The van der Waals surface area contributed by atoms with Crippen molar-refractivity contribution in [3.05, 3.63) is 65.6 Å². The lowest BCUT2D eigenvalue weighted by atomic mass is 9.54. The minimum absolute atomic E-state index is 0.0969. The fraction of sp³-hybridized carbons (Fsp3) is 0.483. The molecule has 3 aliphatic carbocycles. The van der Waals surface area contributed by atoms with Crippen molar-refractivity contribution >= 4 is 16.8 Å². The average molecular weight is 461 g/mol. The average Bonchev–Trinajstić information content (AvgIpc) is 3.21. The van der Waals surface area contributed by atoms with E-state index in [0.717, 1.165) is 37.0 Å². The molecule has 1 aromatic heterocycles. The molecule has 1 spiro atoms. The zero-order valence-corrected chi connectivity index (χ0v) is 19.7.